The predicted molar refractivity (Wildman–Crippen MR) is 88.1 cm³/mol. The quantitative estimate of drug-likeness (QED) is 0.773. The third kappa shape index (κ3) is 3.58. The van der Waals surface area contributed by atoms with E-state index in [1.165, 1.54) is 0 Å². The Morgan fingerprint density at radius 1 is 1.22 bits per heavy atom. The van der Waals surface area contributed by atoms with Gasteiger partial charge in [0.05, 0.1) is 12.4 Å². The van der Waals surface area contributed by atoms with Crippen LogP contribution in [0.1, 0.15) is 25.7 Å². The van der Waals surface area contributed by atoms with Crippen molar-refractivity contribution < 1.29 is 13.2 Å². The summed E-state index contributed by atoms with van der Waals surface area (Å²) in [6.07, 6.45) is 6.82. The lowest BCUT2D eigenvalue weighted by atomic mass is 9.97. The van der Waals surface area contributed by atoms with Crippen molar-refractivity contribution in [1.82, 2.24) is 14.3 Å². The largest absolute Gasteiger partial charge is 0.478 e. The molecule has 0 atom stereocenters. The van der Waals surface area contributed by atoms with Crippen LogP contribution >= 0.6 is 0 Å². The van der Waals surface area contributed by atoms with E-state index in [1.807, 2.05) is 0 Å². The number of hydrogen-bond donors (Lipinski definition) is 0. The molecule has 1 saturated carbocycles. The Kier molecular flexibility index (Phi) is 4.72. The second-order valence-corrected chi connectivity index (χ2v) is 8.66. The molecular weight excluding hydrogens is 316 g/mol. The van der Waals surface area contributed by atoms with Gasteiger partial charge in [-0.05, 0) is 31.6 Å². The van der Waals surface area contributed by atoms with Gasteiger partial charge in [0.15, 0.2) is 5.82 Å². The van der Waals surface area contributed by atoms with E-state index in [1.54, 1.807) is 30.9 Å². The van der Waals surface area contributed by atoms with E-state index in [9.17, 15) is 8.42 Å². The van der Waals surface area contributed by atoms with Gasteiger partial charge in [0.1, 0.15) is 0 Å². The van der Waals surface area contributed by atoms with Gasteiger partial charge >= 0.3 is 0 Å². The van der Waals surface area contributed by atoms with Gasteiger partial charge in [-0.3, -0.25) is 0 Å². The van der Waals surface area contributed by atoms with Gasteiger partial charge < -0.3 is 9.64 Å². The Morgan fingerprint density at radius 2 is 1.87 bits per heavy atom. The first-order valence-electron chi connectivity index (χ1n) is 8.07. The number of aromatic nitrogens is 2. The Morgan fingerprint density at radius 3 is 2.48 bits per heavy atom. The molecule has 0 aromatic carbocycles. The summed E-state index contributed by atoms with van der Waals surface area (Å²) in [6, 6.07) is 0. The van der Waals surface area contributed by atoms with Gasteiger partial charge in [0.2, 0.25) is 10.0 Å². The van der Waals surface area contributed by atoms with Gasteiger partial charge in [-0.25, -0.2) is 22.7 Å². The van der Waals surface area contributed by atoms with Crippen molar-refractivity contribution >= 4 is 15.8 Å². The number of sulfonamides is 1. The van der Waals surface area contributed by atoms with E-state index in [0.29, 0.717) is 18.3 Å². The minimum Gasteiger partial charge on any atom is -0.478 e. The first-order valence-corrected chi connectivity index (χ1v) is 9.57. The monoisotopic (exact) mass is 340 g/mol. The maximum absolute atomic E-state index is 12.2. The minimum absolute atomic E-state index is 0.128. The van der Waals surface area contributed by atoms with Crippen LogP contribution < -0.4 is 9.64 Å². The van der Waals surface area contributed by atoms with Crippen molar-refractivity contribution in [3.05, 3.63) is 12.4 Å². The first-order chi connectivity index (χ1) is 11.0. The number of nitrogens with zero attached hydrogens (tertiary/aromatic N) is 4. The number of rotatable bonds is 6. The smallest absolute Gasteiger partial charge is 0.257 e. The molecule has 2 aliphatic rings. The van der Waals surface area contributed by atoms with Crippen LogP contribution in [-0.2, 0) is 10.0 Å². The Balaban J connectivity index is 1.56. The van der Waals surface area contributed by atoms with Crippen molar-refractivity contribution in [2.45, 2.75) is 30.9 Å². The van der Waals surface area contributed by atoms with E-state index in [0.717, 1.165) is 44.6 Å². The van der Waals surface area contributed by atoms with E-state index in [-0.39, 0.29) is 5.25 Å². The molecule has 0 radical (unpaired) electrons. The molecule has 1 saturated heterocycles. The lowest BCUT2D eigenvalue weighted by molar-refractivity contribution is 0.324. The molecule has 1 aromatic heterocycles. The zero-order valence-electron chi connectivity index (χ0n) is 13.7. The highest BCUT2D eigenvalue weighted by molar-refractivity contribution is 7.90. The molecule has 8 heteroatoms. The average molecular weight is 340 g/mol. The van der Waals surface area contributed by atoms with Gasteiger partial charge in [-0.15, -0.1) is 0 Å². The van der Waals surface area contributed by atoms with E-state index in [4.69, 9.17) is 4.74 Å². The molecule has 3 rings (SSSR count). The maximum atomic E-state index is 12.2. The highest BCUT2D eigenvalue weighted by Gasteiger charge is 2.39. The number of anilines is 1. The molecule has 0 bridgehead atoms. The molecule has 1 aromatic rings. The maximum Gasteiger partial charge on any atom is 0.257 e. The summed E-state index contributed by atoms with van der Waals surface area (Å²) >= 11 is 0. The van der Waals surface area contributed by atoms with Crippen molar-refractivity contribution in [2.24, 2.45) is 5.92 Å². The summed E-state index contributed by atoms with van der Waals surface area (Å²) in [5.41, 5.74) is 0. The van der Waals surface area contributed by atoms with Crippen molar-refractivity contribution in [3.8, 4) is 5.88 Å². The average Bonchev–Trinajstić information content (AvgIpc) is 3.41. The molecule has 1 aliphatic carbocycles. The lowest BCUT2D eigenvalue weighted by Crippen LogP contribution is -2.40. The standard InChI is InChI=1S/C15H24N4O3S/c1-18(23(20,21)13-3-4-13)11-12-5-9-19(10-6-12)14-15(22-2)17-8-7-16-14/h7-8,12-13H,3-6,9-11H2,1-2H3. The van der Waals surface area contributed by atoms with E-state index in [2.05, 4.69) is 14.9 Å². The Hall–Kier alpha value is -1.41. The summed E-state index contributed by atoms with van der Waals surface area (Å²) in [6.45, 7) is 2.30. The normalized spacial score (nSPS) is 20.0. The Labute approximate surface area is 137 Å². The molecule has 0 amide bonds. The minimum atomic E-state index is -3.06. The second kappa shape index (κ2) is 6.60. The number of hydrogen-bond acceptors (Lipinski definition) is 6. The van der Waals surface area contributed by atoms with Crippen LogP contribution in [0.2, 0.25) is 0 Å². The highest BCUT2D eigenvalue weighted by atomic mass is 32.2. The molecule has 0 N–H and O–H groups in total. The lowest BCUT2D eigenvalue weighted by Gasteiger charge is -2.34. The van der Waals surface area contributed by atoms with Gasteiger partial charge in [0, 0.05) is 39.1 Å². The molecule has 128 valence electrons. The number of piperidine rings is 1. The third-order valence-corrected chi connectivity index (χ3v) is 6.98. The van der Waals surface area contributed by atoms with Crippen LogP contribution in [0.25, 0.3) is 0 Å². The van der Waals surface area contributed by atoms with Crippen LogP contribution in [-0.4, -0.2) is 61.7 Å². The summed E-state index contributed by atoms with van der Waals surface area (Å²) in [4.78, 5) is 10.7. The van der Waals surface area contributed by atoms with E-state index < -0.39 is 10.0 Å². The van der Waals surface area contributed by atoms with Crippen molar-refractivity contribution in [1.29, 1.82) is 0 Å². The van der Waals surface area contributed by atoms with E-state index >= 15 is 0 Å². The second-order valence-electron chi connectivity index (χ2n) is 6.34. The molecular formula is C15H24N4O3S. The van der Waals surface area contributed by atoms with Crippen LogP contribution in [0, 0.1) is 5.92 Å². The number of ether oxygens (including phenoxy) is 1. The third-order valence-electron chi connectivity index (χ3n) is 4.65. The molecule has 2 heterocycles. The molecule has 2 fully saturated rings. The fraction of sp³-hybridized carbons (Fsp3) is 0.733. The molecule has 23 heavy (non-hydrogen) atoms. The van der Waals surface area contributed by atoms with Crippen LogP contribution in [0.15, 0.2) is 12.4 Å². The summed E-state index contributed by atoms with van der Waals surface area (Å²) in [7, 11) is 0.245. The van der Waals surface area contributed by atoms with Crippen LogP contribution in [0.5, 0.6) is 5.88 Å². The summed E-state index contributed by atoms with van der Waals surface area (Å²) < 4.78 is 31.3. The van der Waals surface area contributed by atoms with Crippen molar-refractivity contribution in [3.63, 3.8) is 0 Å². The SMILES string of the molecule is COc1nccnc1N1CCC(CN(C)S(=O)(=O)C2CC2)CC1. The van der Waals surface area contributed by atoms with Crippen LogP contribution in [0.3, 0.4) is 0 Å². The first kappa shape index (κ1) is 16.4. The number of methoxy groups -OCH3 is 1. The summed E-state index contributed by atoms with van der Waals surface area (Å²) in [5.74, 6) is 1.71. The van der Waals surface area contributed by atoms with Crippen LogP contribution in [0.4, 0.5) is 5.82 Å². The predicted octanol–water partition coefficient (Wildman–Crippen LogP) is 1.13. The zero-order chi connectivity index (χ0) is 16.4. The molecule has 0 spiro atoms. The Bertz CT molecular complexity index is 640. The fourth-order valence-corrected chi connectivity index (χ4v) is 4.75. The molecule has 0 unspecified atom stereocenters. The van der Waals surface area contributed by atoms with Gasteiger partial charge in [-0.2, -0.15) is 0 Å². The highest BCUT2D eigenvalue weighted by Crippen LogP contribution is 2.32. The zero-order valence-corrected chi connectivity index (χ0v) is 14.5. The fourth-order valence-electron chi connectivity index (χ4n) is 3.09. The van der Waals surface area contributed by atoms with Crippen molar-refractivity contribution in [2.75, 3.05) is 38.7 Å². The van der Waals surface area contributed by atoms with Gasteiger partial charge in [-0.1, -0.05) is 0 Å². The summed E-state index contributed by atoms with van der Waals surface area (Å²) in [5, 5.41) is -0.128. The molecule has 7 nitrogen and oxygen atoms in total. The molecule has 1 aliphatic heterocycles. The topological polar surface area (TPSA) is 75.6 Å². The van der Waals surface area contributed by atoms with Gasteiger partial charge in [0.25, 0.3) is 5.88 Å².